The van der Waals surface area contributed by atoms with E-state index in [1.165, 1.54) is 23.0 Å². The van der Waals surface area contributed by atoms with Crippen LogP contribution >= 0.6 is 11.6 Å². The van der Waals surface area contributed by atoms with Gasteiger partial charge < -0.3 is 15.7 Å². The molecule has 40 heavy (non-hydrogen) atoms. The minimum atomic E-state index is -0.628. The summed E-state index contributed by atoms with van der Waals surface area (Å²) >= 11 is 6.25. The predicted octanol–water partition coefficient (Wildman–Crippen LogP) is 4.80. The number of aliphatic hydroxyl groups excluding tert-OH is 1. The summed E-state index contributed by atoms with van der Waals surface area (Å²) in [5.41, 5.74) is 2.15. The van der Waals surface area contributed by atoms with Crippen molar-refractivity contribution in [1.82, 2.24) is 25.1 Å². The van der Waals surface area contributed by atoms with Crippen molar-refractivity contribution < 1.29 is 19.1 Å². The van der Waals surface area contributed by atoms with Crippen LogP contribution in [-0.4, -0.2) is 36.7 Å². The topological polar surface area (TPSA) is 122 Å². The van der Waals surface area contributed by atoms with Gasteiger partial charge in [-0.2, -0.15) is 5.10 Å². The number of pyridine rings is 2. The molecule has 2 amide bonds. The molecular weight excluding hydrogens is 535 g/mol. The lowest BCUT2D eigenvalue weighted by Crippen LogP contribution is -2.24. The average molecular weight is 557 g/mol. The highest BCUT2D eigenvalue weighted by molar-refractivity contribution is 6.34. The number of anilines is 1. The summed E-state index contributed by atoms with van der Waals surface area (Å²) < 4.78 is 16.1. The van der Waals surface area contributed by atoms with Gasteiger partial charge in [-0.1, -0.05) is 41.9 Å². The summed E-state index contributed by atoms with van der Waals surface area (Å²) in [6.45, 7) is -0.109. The first kappa shape index (κ1) is 26.7. The van der Waals surface area contributed by atoms with Crippen LogP contribution in [0.2, 0.25) is 5.02 Å². The van der Waals surface area contributed by atoms with Crippen LogP contribution in [-0.2, 0) is 13.2 Å². The summed E-state index contributed by atoms with van der Waals surface area (Å²) in [4.78, 5) is 34.7. The van der Waals surface area contributed by atoms with Crippen molar-refractivity contribution in [3.8, 4) is 16.9 Å². The van der Waals surface area contributed by atoms with Gasteiger partial charge in [-0.05, 0) is 48.5 Å². The number of carbonyl (C=O) groups is 2. The van der Waals surface area contributed by atoms with Gasteiger partial charge in [-0.3, -0.25) is 19.6 Å². The molecule has 3 N–H and O–H groups in total. The van der Waals surface area contributed by atoms with Crippen molar-refractivity contribution in [3.63, 3.8) is 0 Å². The molecule has 0 bridgehead atoms. The number of aliphatic hydroxyl groups is 1. The molecule has 0 spiro atoms. The minimum Gasteiger partial charge on any atom is -0.390 e. The van der Waals surface area contributed by atoms with Crippen molar-refractivity contribution >= 4 is 29.2 Å². The Hall–Kier alpha value is -4.93. The number of halogens is 2. The average Bonchev–Trinajstić information content (AvgIpc) is 3.40. The molecule has 0 atom stereocenters. The second kappa shape index (κ2) is 11.9. The Balaban J connectivity index is 1.43. The number of hydrogen-bond acceptors (Lipinski definition) is 6. The fraction of sp³-hybridized carbons (Fsp3) is 0.0690. The maximum absolute atomic E-state index is 14.7. The molecule has 0 saturated carbocycles. The zero-order chi connectivity index (χ0) is 28.1. The third kappa shape index (κ3) is 5.88. The van der Waals surface area contributed by atoms with E-state index in [1.807, 2.05) is 6.07 Å². The Labute approximate surface area is 233 Å². The van der Waals surface area contributed by atoms with Crippen LogP contribution in [0.4, 0.5) is 10.2 Å². The molecule has 3 heterocycles. The highest BCUT2D eigenvalue weighted by atomic mass is 35.5. The molecule has 0 aliphatic rings. The van der Waals surface area contributed by atoms with E-state index < -0.39 is 17.6 Å². The van der Waals surface area contributed by atoms with Crippen LogP contribution in [0.5, 0.6) is 0 Å². The standard InChI is InChI=1S/C29H22ClFN6O3/c30-23-14-24(31)22(25-11-4-5-12-32-25)13-21(23)28(39)35-27-15-26(36-37(27)20-9-2-1-3-10-20)29(40)33-16-18-7-6-8-19(17-38)34-18/h1-15,38H,16-17H2,(H,33,40)(H,35,39). The number of carbonyl (C=O) groups excluding carboxylic acids is 2. The Morgan fingerprint density at radius 2 is 1.70 bits per heavy atom. The van der Waals surface area contributed by atoms with E-state index in [0.29, 0.717) is 22.8 Å². The number of benzene rings is 2. The first-order valence-electron chi connectivity index (χ1n) is 12.1. The Morgan fingerprint density at radius 1 is 0.925 bits per heavy atom. The smallest absolute Gasteiger partial charge is 0.272 e. The maximum atomic E-state index is 14.7. The Morgan fingerprint density at radius 3 is 2.45 bits per heavy atom. The van der Waals surface area contributed by atoms with Gasteiger partial charge in [-0.15, -0.1) is 0 Å². The zero-order valence-corrected chi connectivity index (χ0v) is 21.6. The van der Waals surface area contributed by atoms with Crippen molar-refractivity contribution in [2.45, 2.75) is 13.2 Å². The van der Waals surface area contributed by atoms with Gasteiger partial charge in [0.15, 0.2) is 5.69 Å². The van der Waals surface area contributed by atoms with E-state index in [2.05, 4.69) is 25.7 Å². The van der Waals surface area contributed by atoms with Crippen LogP contribution in [0.3, 0.4) is 0 Å². The fourth-order valence-electron chi connectivity index (χ4n) is 3.95. The van der Waals surface area contributed by atoms with Gasteiger partial charge >= 0.3 is 0 Å². The second-order valence-corrected chi connectivity index (χ2v) is 9.01. The lowest BCUT2D eigenvalue weighted by molar-refractivity contribution is 0.0944. The summed E-state index contributed by atoms with van der Waals surface area (Å²) in [5.74, 6) is -1.55. The summed E-state index contributed by atoms with van der Waals surface area (Å²) in [7, 11) is 0. The zero-order valence-electron chi connectivity index (χ0n) is 20.9. The van der Waals surface area contributed by atoms with Gasteiger partial charge in [0.25, 0.3) is 11.8 Å². The van der Waals surface area contributed by atoms with Crippen LogP contribution < -0.4 is 10.6 Å². The molecule has 2 aromatic carbocycles. The highest BCUT2D eigenvalue weighted by Crippen LogP contribution is 2.28. The van der Waals surface area contributed by atoms with E-state index in [1.54, 1.807) is 60.7 Å². The van der Waals surface area contributed by atoms with Gasteiger partial charge in [-0.25, -0.2) is 9.07 Å². The molecule has 0 saturated heterocycles. The lowest BCUT2D eigenvalue weighted by Gasteiger charge is -2.11. The van der Waals surface area contributed by atoms with E-state index in [-0.39, 0.29) is 40.8 Å². The SMILES string of the molecule is O=C(NCc1cccc(CO)n1)c1cc(NC(=O)c2cc(-c3ccccn3)c(F)cc2Cl)n(-c2ccccc2)n1. The predicted molar refractivity (Wildman–Crippen MR) is 147 cm³/mol. The largest absolute Gasteiger partial charge is 0.390 e. The number of amides is 2. The van der Waals surface area contributed by atoms with Crippen molar-refractivity contribution in [2.24, 2.45) is 0 Å². The monoisotopic (exact) mass is 556 g/mol. The minimum absolute atomic E-state index is 0.0189. The van der Waals surface area contributed by atoms with Crippen LogP contribution in [0.15, 0.2) is 91.1 Å². The summed E-state index contributed by atoms with van der Waals surface area (Å²) in [6.07, 6.45) is 1.52. The first-order chi connectivity index (χ1) is 19.4. The molecule has 0 unspecified atom stereocenters. The molecule has 5 aromatic rings. The van der Waals surface area contributed by atoms with Crippen LogP contribution in [0, 0.1) is 5.82 Å². The highest BCUT2D eigenvalue weighted by Gasteiger charge is 2.21. The third-order valence-corrected chi connectivity index (χ3v) is 6.20. The normalized spacial score (nSPS) is 10.8. The van der Waals surface area contributed by atoms with Crippen molar-refractivity contribution in [2.75, 3.05) is 5.32 Å². The molecule has 0 radical (unpaired) electrons. The van der Waals surface area contributed by atoms with E-state index >= 15 is 0 Å². The molecule has 200 valence electrons. The number of para-hydroxylation sites is 1. The fourth-order valence-corrected chi connectivity index (χ4v) is 4.19. The number of nitrogens with one attached hydrogen (secondary N) is 2. The van der Waals surface area contributed by atoms with Crippen molar-refractivity contribution in [3.05, 3.63) is 125 Å². The van der Waals surface area contributed by atoms with Crippen molar-refractivity contribution in [1.29, 1.82) is 0 Å². The molecule has 5 rings (SSSR count). The van der Waals surface area contributed by atoms with Crippen LogP contribution in [0.1, 0.15) is 32.2 Å². The number of aromatic nitrogens is 4. The lowest BCUT2D eigenvalue weighted by atomic mass is 10.1. The molecule has 11 heteroatoms. The van der Waals surface area contributed by atoms with E-state index in [0.717, 1.165) is 6.07 Å². The summed E-state index contributed by atoms with van der Waals surface area (Å²) in [6, 6.07) is 22.9. The summed E-state index contributed by atoms with van der Waals surface area (Å²) in [5, 5.41) is 19.1. The second-order valence-electron chi connectivity index (χ2n) is 8.60. The number of nitrogens with zero attached hydrogens (tertiary/aromatic N) is 4. The molecule has 0 aliphatic heterocycles. The van der Waals surface area contributed by atoms with E-state index in [4.69, 9.17) is 11.6 Å². The number of hydrogen-bond donors (Lipinski definition) is 3. The van der Waals surface area contributed by atoms with Gasteiger partial charge in [0, 0.05) is 17.8 Å². The molecule has 0 fully saturated rings. The van der Waals surface area contributed by atoms with E-state index in [9.17, 15) is 19.1 Å². The third-order valence-electron chi connectivity index (χ3n) is 5.88. The quantitative estimate of drug-likeness (QED) is 0.252. The van der Waals surface area contributed by atoms with Crippen LogP contribution in [0.25, 0.3) is 16.9 Å². The number of rotatable bonds is 8. The van der Waals surface area contributed by atoms with Gasteiger partial charge in [0.1, 0.15) is 11.6 Å². The molecule has 3 aromatic heterocycles. The first-order valence-corrected chi connectivity index (χ1v) is 12.5. The Kier molecular flexibility index (Phi) is 7.90. The van der Waals surface area contributed by atoms with Gasteiger partial charge in [0.2, 0.25) is 0 Å². The molecular formula is C29H22ClFN6O3. The molecule has 0 aliphatic carbocycles. The molecule has 9 nitrogen and oxygen atoms in total. The van der Waals surface area contributed by atoms with Gasteiger partial charge in [0.05, 0.1) is 46.5 Å². The maximum Gasteiger partial charge on any atom is 0.272 e. The Bertz CT molecular complexity index is 1680.